The predicted molar refractivity (Wildman–Crippen MR) is 65.6 cm³/mol. The molecule has 0 bridgehead atoms. The summed E-state index contributed by atoms with van der Waals surface area (Å²) in [7, 11) is 5.88. The van der Waals surface area contributed by atoms with Crippen molar-refractivity contribution in [2.75, 3.05) is 52.0 Å². The number of hydrogen-bond acceptors (Lipinski definition) is 5. The van der Waals surface area contributed by atoms with Crippen LogP contribution in [0.1, 0.15) is 0 Å². The van der Waals surface area contributed by atoms with Gasteiger partial charge in [-0.2, -0.15) is 5.10 Å². The van der Waals surface area contributed by atoms with E-state index < -0.39 is 0 Å². The summed E-state index contributed by atoms with van der Waals surface area (Å²) in [5, 5.41) is 7.17. The number of anilines is 2. The molecule has 0 aliphatic carbocycles. The molecule has 0 aliphatic rings. The summed E-state index contributed by atoms with van der Waals surface area (Å²) in [5.41, 5.74) is 6.39. The minimum absolute atomic E-state index is 0.643. The number of nitrogens with two attached hydrogens (primary N) is 1. The second kappa shape index (κ2) is 6.34. The third-order valence-corrected chi connectivity index (χ3v) is 2.23. The molecule has 0 atom stereocenters. The average molecular weight is 227 g/mol. The first-order valence-electron chi connectivity index (χ1n) is 5.36. The van der Waals surface area contributed by atoms with E-state index in [1.165, 1.54) is 0 Å². The summed E-state index contributed by atoms with van der Waals surface area (Å²) in [4.78, 5) is 2.09. The van der Waals surface area contributed by atoms with Crippen LogP contribution in [0.2, 0.25) is 0 Å². The summed E-state index contributed by atoms with van der Waals surface area (Å²) < 4.78 is 7.30. The van der Waals surface area contributed by atoms with E-state index in [9.17, 15) is 0 Å². The van der Waals surface area contributed by atoms with Crippen LogP contribution in [0.3, 0.4) is 0 Å². The molecule has 0 spiro atoms. The Morgan fingerprint density at radius 2 is 2.25 bits per heavy atom. The van der Waals surface area contributed by atoms with Crippen molar-refractivity contribution in [2.24, 2.45) is 0 Å². The van der Waals surface area contributed by atoms with Gasteiger partial charge in [-0.3, -0.25) is 0 Å². The largest absolute Gasteiger partial charge is 0.394 e. The maximum atomic E-state index is 5.73. The Bertz CT molecular complexity index is 310. The van der Waals surface area contributed by atoms with Gasteiger partial charge >= 0.3 is 0 Å². The highest BCUT2D eigenvalue weighted by atomic mass is 16.5. The smallest absolute Gasteiger partial charge is 0.147 e. The Balaban J connectivity index is 2.26. The van der Waals surface area contributed by atoms with Crippen LogP contribution in [0.4, 0.5) is 11.5 Å². The van der Waals surface area contributed by atoms with E-state index in [2.05, 4.69) is 15.3 Å². The minimum atomic E-state index is 0.643. The molecule has 0 fully saturated rings. The highest BCUT2D eigenvalue weighted by molar-refractivity contribution is 5.60. The minimum Gasteiger partial charge on any atom is -0.394 e. The SMILES string of the molecule is CNc1c(N)cnn1CCOCCN(C)C. The normalized spacial score (nSPS) is 11.0. The van der Waals surface area contributed by atoms with Crippen LogP contribution < -0.4 is 11.1 Å². The molecule has 1 aromatic heterocycles. The average Bonchev–Trinajstić information content (AvgIpc) is 2.58. The van der Waals surface area contributed by atoms with Crippen molar-refractivity contribution in [1.29, 1.82) is 0 Å². The van der Waals surface area contributed by atoms with Crippen molar-refractivity contribution in [3.63, 3.8) is 0 Å². The fourth-order valence-corrected chi connectivity index (χ4v) is 1.34. The Morgan fingerprint density at radius 3 is 2.88 bits per heavy atom. The van der Waals surface area contributed by atoms with Crippen LogP contribution in [0.25, 0.3) is 0 Å². The molecule has 0 saturated heterocycles. The molecule has 1 aromatic rings. The van der Waals surface area contributed by atoms with Gasteiger partial charge in [-0.25, -0.2) is 4.68 Å². The lowest BCUT2D eigenvalue weighted by Gasteiger charge is -2.11. The maximum absolute atomic E-state index is 5.73. The summed E-state index contributed by atoms with van der Waals surface area (Å²) in [6.45, 7) is 3.02. The second-order valence-electron chi connectivity index (χ2n) is 3.84. The monoisotopic (exact) mass is 227 g/mol. The molecule has 0 aromatic carbocycles. The van der Waals surface area contributed by atoms with Crippen molar-refractivity contribution in [3.05, 3.63) is 6.20 Å². The molecular formula is C10H21N5O. The zero-order chi connectivity index (χ0) is 12.0. The van der Waals surface area contributed by atoms with Crippen LogP contribution in [0.15, 0.2) is 6.20 Å². The van der Waals surface area contributed by atoms with E-state index in [-0.39, 0.29) is 0 Å². The van der Waals surface area contributed by atoms with Gasteiger partial charge in [-0.1, -0.05) is 0 Å². The van der Waals surface area contributed by atoms with Crippen molar-refractivity contribution in [2.45, 2.75) is 6.54 Å². The fraction of sp³-hybridized carbons (Fsp3) is 0.700. The van der Waals surface area contributed by atoms with Crippen LogP contribution in [0, 0.1) is 0 Å². The van der Waals surface area contributed by atoms with Gasteiger partial charge in [0.05, 0.1) is 31.6 Å². The van der Waals surface area contributed by atoms with Gasteiger partial charge in [0.15, 0.2) is 0 Å². The summed E-state index contributed by atoms with van der Waals surface area (Å²) in [5.74, 6) is 0.844. The van der Waals surface area contributed by atoms with Crippen molar-refractivity contribution >= 4 is 11.5 Å². The molecule has 0 unspecified atom stereocenters. The molecule has 0 aliphatic heterocycles. The van der Waals surface area contributed by atoms with Gasteiger partial charge in [0, 0.05) is 13.6 Å². The molecule has 3 N–H and O–H groups in total. The first-order valence-corrected chi connectivity index (χ1v) is 5.36. The van der Waals surface area contributed by atoms with Crippen LogP contribution >= 0.6 is 0 Å². The fourth-order valence-electron chi connectivity index (χ4n) is 1.34. The predicted octanol–water partition coefficient (Wildman–Crippen LogP) is 0.0852. The molecule has 0 radical (unpaired) electrons. The summed E-state index contributed by atoms with van der Waals surface area (Å²) >= 11 is 0. The number of likely N-dealkylation sites (N-methyl/N-ethyl adjacent to an activating group) is 1. The Kier molecular flexibility index (Phi) is 5.07. The van der Waals surface area contributed by atoms with Crippen molar-refractivity contribution < 1.29 is 4.74 Å². The van der Waals surface area contributed by atoms with E-state index >= 15 is 0 Å². The zero-order valence-corrected chi connectivity index (χ0v) is 10.2. The first kappa shape index (κ1) is 12.8. The molecule has 1 rings (SSSR count). The molecule has 1 heterocycles. The number of hydrogen-bond donors (Lipinski definition) is 2. The molecule has 0 saturated carbocycles. The molecular weight excluding hydrogens is 206 g/mol. The number of nitrogens with zero attached hydrogens (tertiary/aromatic N) is 3. The highest BCUT2D eigenvalue weighted by Crippen LogP contribution is 2.15. The van der Waals surface area contributed by atoms with Crippen molar-refractivity contribution in [1.82, 2.24) is 14.7 Å². The number of aromatic nitrogens is 2. The lowest BCUT2D eigenvalue weighted by atomic mass is 10.5. The first-order chi connectivity index (χ1) is 7.65. The molecule has 6 nitrogen and oxygen atoms in total. The number of nitrogen functional groups attached to an aromatic ring is 1. The zero-order valence-electron chi connectivity index (χ0n) is 10.2. The van der Waals surface area contributed by atoms with E-state index in [0.29, 0.717) is 18.8 Å². The molecule has 16 heavy (non-hydrogen) atoms. The van der Waals surface area contributed by atoms with E-state index in [0.717, 1.165) is 19.0 Å². The number of nitrogens with one attached hydrogen (secondary N) is 1. The standard InChI is InChI=1S/C10H21N5O/c1-12-10-9(11)8-13-15(10)5-7-16-6-4-14(2)3/h8,12H,4-7,11H2,1-3H3. The van der Waals surface area contributed by atoms with E-state index in [4.69, 9.17) is 10.5 Å². The summed E-state index contributed by atoms with van der Waals surface area (Å²) in [6, 6.07) is 0. The summed E-state index contributed by atoms with van der Waals surface area (Å²) in [6.07, 6.45) is 1.64. The molecule has 0 amide bonds. The van der Waals surface area contributed by atoms with Crippen LogP contribution in [-0.2, 0) is 11.3 Å². The van der Waals surface area contributed by atoms with Gasteiger partial charge in [-0.15, -0.1) is 0 Å². The highest BCUT2D eigenvalue weighted by Gasteiger charge is 2.05. The van der Waals surface area contributed by atoms with Gasteiger partial charge in [0.2, 0.25) is 0 Å². The van der Waals surface area contributed by atoms with E-state index in [1.54, 1.807) is 6.20 Å². The van der Waals surface area contributed by atoms with Gasteiger partial charge in [-0.05, 0) is 14.1 Å². The third kappa shape index (κ3) is 3.71. The number of ether oxygens (including phenoxy) is 1. The lowest BCUT2D eigenvalue weighted by Crippen LogP contribution is -2.19. The molecule has 6 heteroatoms. The Labute approximate surface area is 96.4 Å². The van der Waals surface area contributed by atoms with Crippen LogP contribution in [-0.4, -0.2) is 55.6 Å². The Hall–Kier alpha value is -1.27. The number of rotatable bonds is 7. The van der Waals surface area contributed by atoms with Gasteiger partial charge < -0.3 is 20.7 Å². The molecule has 92 valence electrons. The van der Waals surface area contributed by atoms with Crippen molar-refractivity contribution in [3.8, 4) is 0 Å². The Morgan fingerprint density at radius 1 is 1.50 bits per heavy atom. The maximum Gasteiger partial charge on any atom is 0.147 e. The van der Waals surface area contributed by atoms with Crippen LogP contribution in [0.5, 0.6) is 0 Å². The third-order valence-electron chi connectivity index (χ3n) is 2.23. The van der Waals surface area contributed by atoms with Gasteiger partial charge in [0.25, 0.3) is 0 Å². The lowest BCUT2D eigenvalue weighted by molar-refractivity contribution is 0.109. The topological polar surface area (TPSA) is 68.3 Å². The second-order valence-corrected chi connectivity index (χ2v) is 3.84. The quantitative estimate of drug-likeness (QED) is 0.646. The van der Waals surface area contributed by atoms with E-state index in [1.807, 2.05) is 25.8 Å². The van der Waals surface area contributed by atoms with Gasteiger partial charge in [0.1, 0.15) is 5.82 Å².